The van der Waals surface area contributed by atoms with E-state index in [-0.39, 0.29) is 10.6 Å². The van der Waals surface area contributed by atoms with Gasteiger partial charge in [-0.25, -0.2) is 9.96 Å². The number of fused-ring (bicyclic) bond motifs is 1. The molecule has 0 unspecified atom stereocenters. The van der Waals surface area contributed by atoms with Crippen molar-refractivity contribution in [3.8, 4) is 5.75 Å². The van der Waals surface area contributed by atoms with Crippen molar-refractivity contribution in [3.05, 3.63) is 120 Å². The first-order chi connectivity index (χ1) is 18.8. The number of hydrogen-bond donors (Lipinski definition) is 0. The van der Waals surface area contributed by atoms with Gasteiger partial charge in [0.05, 0.1) is 17.4 Å². The second-order valence-corrected chi connectivity index (χ2v) is 11.0. The molecule has 4 aromatic rings. The van der Waals surface area contributed by atoms with Gasteiger partial charge in [-0.1, -0.05) is 72.3 Å². The number of anilines is 2. The number of hydrogen-bond acceptors (Lipinski definition) is 7. The van der Waals surface area contributed by atoms with Crippen molar-refractivity contribution < 1.29 is 27.0 Å². The van der Waals surface area contributed by atoms with Crippen LogP contribution in [0.5, 0.6) is 5.75 Å². The Morgan fingerprint density at radius 1 is 0.744 bits per heavy atom. The van der Waals surface area contributed by atoms with E-state index in [2.05, 4.69) is 0 Å². The zero-order valence-electron chi connectivity index (χ0n) is 20.3. The maximum Gasteiger partial charge on any atom is 0.339 e. The third-order valence-electron chi connectivity index (χ3n) is 6.66. The van der Waals surface area contributed by atoms with Gasteiger partial charge < -0.3 is 4.18 Å². The summed E-state index contributed by atoms with van der Waals surface area (Å²) in [6.45, 7) is 0. The molecule has 0 radical (unpaired) electrons. The van der Waals surface area contributed by atoms with Crippen LogP contribution in [0.3, 0.4) is 0 Å². The first-order valence-electron chi connectivity index (χ1n) is 12.1. The molecule has 8 nitrogen and oxygen atoms in total. The van der Waals surface area contributed by atoms with Crippen LogP contribution in [0.4, 0.5) is 11.4 Å². The van der Waals surface area contributed by atoms with Crippen molar-refractivity contribution in [1.82, 2.24) is 0 Å². The minimum atomic E-state index is -4.19. The fourth-order valence-electron chi connectivity index (χ4n) is 4.95. The highest BCUT2D eigenvalue weighted by Gasteiger charge is 2.60. The lowest BCUT2D eigenvalue weighted by Crippen LogP contribution is -2.37. The van der Waals surface area contributed by atoms with Crippen LogP contribution in [-0.4, -0.2) is 26.3 Å². The highest BCUT2D eigenvalue weighted by molar-refractivity contribution is 7.87. The number of carbonyl (C=O) groups excluding carboxylic acids is 2. The van der Waals surface area contributed by atoms with Crippen LogP contribution in [0.1, 0.15) is 11.6 Å². The smallest absolute Gasteiger partial charge is 0.339 e. The molecule has 39 heavy (non-hydrogen) atoms. The van der Waals surface area contributed by atoms with Crippen molar-refractivity contribution in [1.29, 1.82) is 0 Å². The van der Waals surface area contributed by atoms with Gasteiger partial charge in [0.2, 0.25) is 5.91 Å². The fourth-order valence-corrected chi connectivity index (χ4v) is 6.11. The molecule has 6 rings (SSSR count). The third-order valence-corrected chi connectivity index (χ3v) is 8.15. The van der Waals surface area contributed by atoms with Gasteiger partial charge in [-0.2, -0.15) is 8.42 Å². The van der Waals surface area contributed by atoms with E-state index in [4.69, 9.17) is 20.6 Å². The van der Waals surface area contributed by atoms with Crippen molar-refractivity contribution >= 4 is 44.9 Å². The molecule has 2 aliphatic rings. The lowest BCUT2D eigenvalue weighted by Gasteiger charge is -2.29. The monoisotopic (exact) mass is 560 g/mol. The molecule has 4 aromatic carbocycles. The van der Waals surface area contributed by atoms with E-state index in [1.165, 1.54) is 29.3 Å². The minimum Gasteiger partial charge on any atom is -0.379 e. The Hall–Kier alpha value is -4.18. The minimum absolute atomic E-state index is 0.0143. The summed E-state index contributed by atoms with van der Waals surface area (Å²) >= 11 is 6.14. The summed E-state index contributed by atoms with van der Waals surface area (Å²) in [6, 6.07) is 28.9. The van der Waals surface area contributed by atoms with Crippen molar-refractivity contribution in [3.63, 3.8) is 0 Å². The van der Waals surface area contributed by atoms with E-state index < -0.39 is 40.0 Å². The zero-order chi connectivity index (χ0) is 27.1. The second kappa shape index (κ2) is 9.85. The van der Waals surface area contributed by atoms with Crippen LogP contribution in [0.25, 0.3) is 0 Å². The number of hydroxylamine groups is 1. The average molecular weight is 561 g/mol. The Labute approximate surface area is 230 Å². The fraction of sp³-hybridized carbons (Fsp3) is 0.103. The van der Waals surface area contributed by atoms with Gasteiger partial charge in [0.1, 0.15) is 16.6 Å². The number of halogens is 1. The maximum atomic E-state index is 13.9. The van der Waals surface area contributed by atoms with Gasteiger partial charge in [0, 0.05) is 10.6 Å². The number of rotatable bonds is 6. The number of para-hydroxylation sites is 2. The molecule has 0 aliphatic carbocycles. The van der Waals surface area contributed by atoms with Gasteiger partial charge in [-0.05, 0) is 48.5 Å². The topological polar surface area (TPSA) is 93.2 Å². The SMILES string of the molecule is O=C1[C@H]2[C@@H](ON(c3ccccc3)[C@H]2c2ccccc2OS(=O)(=O)c2ccccc2)C(=O)N1c1cccc(Cl)c1. The first-order valence-corrected chi connectivity index (χ1v) is 13.9. The molecule has 0 saturated carbocycles. The van der Waals surface area contributed by atoms with Gasteiger partial charge in [0.15, 0.2) is 6.10 Å². The third kappa shape index (κ3) is 4.44. The van der Waals surface area contributed by atoms with Crippen LogP contribution in [-0.2, 0) is 24.5 Å². The molecule has 2 fully saturated rings. The van der Waals surface area contributed by atoms with E-state index in [0.717, 1.165) is 4.90 Å². The Morgan fingerprint density at radius 3 is 2.10 bits per heavy atom. The summed E-state index contributed by atoms with van der Waals surface area (Å²) in [7, 11) is -4.19. The van der Waals surface area contributed by atoms with Gasteiger partial charge >= 0.3 is 10.1 Å². The summed E-state index contributed by atoms with van der Waals surface area (Å²) < 4.78 is 31.9. The molecule has 3 atom stereocenters. The molecular formula is C29H21ClN2O6S. The molecular weight excluding hydrogens is 540 g/mol. The number of imide groups is 1. The summed E-state index contributed by atoms with van der Waals surface area (Å²) in [4.78, 5) is 34.6. The van der Waals surface area contributed by atoms with Crippen LogP contribution < -0.4 is 14.1 Å². The Morgan fingerprint density at radius 2 is 1.38 bits per heavy atom. The molecule has 196 valence electrons. The molecule has 0 spiro atoms. The molecule has 0 aromatic heterocycles. The Kier molecular flexibility index (Phi) is 6.34. The molecule has 2 aliphatic heterocycles. The van der Waals surface area contributed by atoms with Gasteiger partial charge in [-0.3, -0.25) is 14.4 Å². The zero-order valence-corrected chi connectivity index (χ0v) is 21.8. The van der Waals surface area contributed by atoms with E-state index in [1.54, 1.807) is 78.9 Å². The lowest BCUT2D eigenvalue weighted by molar-refractivity contribution is -0.126. The highest BCUT2D eigenvalue weighted by Crippen LogP contribution is 2.49. The maximum absolute atomic E-state index is 13.9. The molecule has 2 amide bonds. The molecule has 2 heterocycles. The molecule has 10 heteroatoms. The summed E-state index contributed by atoms with van der Waals surface area (Å²) in [6.07, 6.45) is -1.14. The Bertz CT molecular complexity index is 1670. The van der Waals surface area contributed by atoms with Gasteiger partial charge in [0.25, 0.3) is 5.91 Å². The number of amides is 2. The van der Waals surface area contributed by atoms with Crippen LogP contribution in [0, 0.1) is 5.92 Å². The summed E-state index contributed by atoms with van der Waals surface area (Å²) in [5, 5.41) is 1.86. The molecule has 0 N–H and O–H groups in total. The van der Waals surface area contributed by atoms with Crippen LogP contribution in [0.15, 0.2) is 114 Å². The van der Waals surface area contributed by atoms with E-state index >= 15 is 0 Å². The van der Waals surface area contributed by atoms with E-state index in [9.17, 15) is 18.0 Å². The van der Waals surface area contributed by atoms with E-state index in [0.29, 0.717) is 22.0 Å². The molecule has 2 saturated heterocycles. The van der Waals surface area contributed by atoms with Crippen LogP contribution >= 0.6 is 11.6 Å². The van der Waals surface area contributed by atoms with Crippen molar-refractivity contribution in [2.24, 2.45) is 5.92 Å². The Balaban J connectivity index is 1.45. The predicted octanol–water partition coefficient (Wildman–Crippen LogP) is 5.16. The highest BCUT2D eigenvalue weighted by atomic mass is 35.5. The number of nitrogens with zero attached hydrogens (tertiary/aromatic N) is 2. The van der Waals surface area contributed by atoms with E-state index in [1.807, 2.05) is 6.07 Å². The number of benzene rings is 4. The average Bonchev–Trinajstić information content (AvgIpc) is 3.45. The normalized spacial score (nSPS) is 20.8. The predicted molar refractivity (Wildman–Crippen MR) is 145 cm³/mol. The van der Waals surface area contributed by atoms with Crippen molar-refractivity contribution in [2.45, 2.75) is 17.0 Å². The second-order valence-electron chi connectivity index (χ2n) is 9.04. The standard InChI is InChI=1S/C29H21ClN2O6S/c30-19-10-9-13-21(18-19)31-28(33)25-26(32(37-27(25)29(31)34)20-11-3-1-4-12-20)23-16-7-8-17-24(23)38-39(35,36)22-14-5-2-6-15-22/h1-18,25-27H/t25-,26+,27-/m1/s1. The van der Waals surface area contributed by atoms with Gasteiger partial charge in [-0.15, -0.1) is 0 Å². The number of carbonyl (C=O) groups is 2. The largest absolute Gasteiger partial charge is 0.379 e. The summed E-state index contributed by atoms with van der Waals surface area (Å²) in [5.41, 5.74) is 1.30. The summed E-state index contributed by atoms with van der Waals surface area (Å²) in [5.74, 6) is -1.98. The quantitative estimate of drug-likeness (QED) is 0.237. The van der Waals surface area contributed by atoms with Crippen LogP contribution in [0.2, 0.25) is 5.02 Å². The van der Waals surface area contributed by atoms with Crippen molar-refractivity contribution in [2.75, 3.05) is 9.96 Å². The molecule has 0 bridgehead atoms. The lowest BCUT2D eigenvalue weighted by atomic mass is 9.90. The first kappa shape index (κ1) is 25.1.